The van der Waals surface area contributed by atoms with Crippen molar-refractivity contribution in [2.75, 3.05) is 0 Å². The summed E-state index contributed by atoms with van der Waals surface area (Å²) in [7, 11) is 0. The van der Waals surface area contributed by atoms with Crippen LogP contribution in [-0.4, -0.2) is 5.78 Å². The van der Waals surface area contributed by atoms with E-state index in [4.69, 9.17) is 0 Å². The standard InChI is InChI=1S/C19H24O/c1-13-6-8-14(9-7-13)12-15-16(20)19(5)11-10-18(15,4)17(19,2)3/h6-9,12H,10-11H2,1-5H3. The Morgan fingerprint density at radius 2 is 1.50 bits per heavy atom. The van der Waals surface area contributed by atoms with Crippen LogP contribution >= 0.6 is 0 Å². The molecule has 0 aliphatic heterocycles. The fourth-order valence-corrected chi connectivity index (χ4v) is 4.20. The summed E-state index contributed by atoms with van der Waals surface area (Å²) in [6.07, 6.45) is 4.29. The van der Waals surface area contributed by atoms with Crippen LogP contribution in [0.4, 0.5) is 0 Å². The zero-order valence-corrected chi connectivity index (χ0v) is 13.2. The van der Waals surface area contributed by atoms with Crippen LogP contribution in [0.15, 0.2) is 29.8 Å². The Balaban J connectivity index is 2.12. The quantitative estimate of drug-likeness (QED) is 0.669. The van der Waals surface area contributed by atoms with E-state index in [1.165, 1.54) is 5.56 Å². The highest BCUT2D eigenvalue weighted by atomic mass is 16.1. The smallest absolute Gasteiger partial charge is 0.165 e. The van der Waals surface area contributed by atoms with Gasteiger partial charge in [-0.1, -0.05) is 57.5 Å². The number of benzene rings is 1. The third-order valence-electron chi connectivity index (χ3n) is 6.61. The summed E-state index contributed by atoms with van der Waals surface area (Å²) in [4.78, 5) is 12.9. The highest BCUT2D eigenvalue weighted by Gasteiger charge is 2.69. The number of fused-ring (bicyclic) bond motifs is 2. The summed E-state index contributed by atoms with van der Waals surface area (Å²) in [5.74, 6) is 0.372. The Kier molecular flexibility index (Phi) is 2.61. The molecule has 2 bridgehead atoms. The average molecular weight is 268 g/mol. The maximum atomic E-state index is 12.9. The van der Waals surface area contributed by atoms with E-state index in [-0.39, 0.29) is 16.2 Å². The van der Waals surface area contributed by atoms with Crippen LogP contribution in [0.5, 0.6) is 0 Å². The number of carbonyl (C=O) groups is 1. The van der Waals surface area contributed by atoms with E-state index in [0.717, 1.165) is 24.0 Å². The molecule has 0 spiro atoms. The first kappa shape index (κ1) is 13.6. The highest BCUT2D eigenvalue weighted by Crippen LogP contribution is 2.72. The van der Waals surface area contributed by atoms with E-state index >= 15 is 0 Å². The van der Waals surface area contributed by atoms with Gasteiger partial charge in [-0.2, -0.15) is 0 Å². The van der Waals surface area contributed by atoms with Crippen LogP contribution in [0.1, 0.15) is 51.7 Å². The molecule has 2 saturated carbocycles. The summed E-state index contributed by atoms with van der Waals surface area (Å²) in [6, 6.07) is 8.44. The van der Waals surface area contributed by atoms with Crippen molar-refractivity contribution in [3.05, 3.63) is 41.0 Å². The van der Waals surface area contributed by atoms with Gasteiger partial charge in [0.25, 0.3) is 0 Å². The molecule has 2 aliphatic rings. The monoisotopic (exact) mass is 268 g/mol. The summed E-state index contributed by atoms with van der Waals surface area (Å²) in [5, 5.41) is 0. The second-order valence-corrected chi connectivity index (χ2v) is 7.59. The third kappa shape index (κ3) is 1.41. The van der Waals surface area contributed by atoms with Crippen LogP contribution in [0.25, 0.3) is 6.08 Å². The number of ketones is 1. The zero-order chi connectivity index (χ0) is 14.8. The number of hydrogen-bond acceptors (Lipinski definition) is 1. The first-order chi connectivity index (χ1) is 9.22. The van der Waals surface area contributed by atoms with Gasteiger partial charge in [0.2, 0.25) is 0 Å². The molecule has 2 unspecified atom stereocenters. The first-order valence-corrected chi connectivity index (χ1v) is 7.56. The van der Waals surface area contributed by atoms with E-state index in [9.17, 15) is 4.79 Å². The number of carbonyl (C=O) groups excluding carboxylic acids is 1. The zero-order valence-electron chi connectivity index (χ0n) is 13.2. The minimum atomic E-state index is -0.182. The molecule has 0 heterocycles. The Morgan fingerprint density at radius 1 is 0.950 bits per heavy atom. The largest absolute Gasteiger partial charge is 0.294 e. The first-order valence-electron chi connectivity index (χ1n) is 7.56. The molecule has 2 atom stereocenters. The topological polar surface area (TPSA) is 17.1 Å². The second-order valence-electron chi connectivity index (χ2n) is 7.59. The van der Waals surface area contributed by atoms with Gasteiger partial charge in [-0.25, -0.2) is 0 Å². The van der Waals surface area contributed by atoms with Crippen molar-refractivity contribution >= 4 is 11.9 Å². The summed E-state index contributed by atoms with van der Waals surface area (Å²) in [5.41, 5.74) is 3.33. The fourth-order valence-electron chi connectivity index (χ4n) is 4.20. The number of hydrogen-bond donors (Lipinski definition) is 0. The molecule has 1 heteroatoms. The van der Waals surface area contributed by atoms with Gasteiger partial charge in [0.05, 0.1) is 0 Å². The van der Waals surface area contributed by atoms with Crippen LogP contribution in [0.2, 0.25) is 0 Å². The van der Waals surface area contributed by atoms with Crippen LogP contribution < -0.4 is 0 Å². The van der Waals surface area contributed by atoms with Crippen molar-refractivity contribution in [1.29, 1.82) is 0 Å². The number of rotatable bonds is 1. The molecule has 2 fully saturated rings. The highest BCUT2D eigenvalue weighted by molar-refractivity contribution is 6.09. The lowest BCUT2D eigenvalue weighted by molar-refractivity contribution is -0.125. The molecular formula is C19H24O. The molecule has 0 radical (unpaired) electrons. The van der Waals surface area contributed by atoms with Gasteiger partial charge in [-0.05, 0) is 36.8 Å². The van der Waals surface area contributed by atoms with Gasteiger partial charge >= 0.3 is 0 Å². The van der Waals surface area contributed by atoms with Crippen LogP contribution in [0.3, 0.4) is 0 Å². The molecule has 1 nitrogen and oxygen atoms in total. The predicted molar refractivity (Wildman–Crippen MR) is 83.4 cm³/mol. The third-order valence-corrected chi connectivity index (χ3v) is 6.61. The van der Waals surface area contributed by atoms with Gasteiger partial charge in [0.1, 0.15) is 0 Å². The molecule has 0 saturated heterocycles. The van der Waals surface area contributed by atoms with E-state index in [0.29, 0.717) is 5.78 Å². The minimum absolute atomic E-state index is 0.0176. The Morgan fingerprint density at radius 3 is 2.00 bits per heavy atom. The van der Waals surface area contributed by atoms with Crippen molar-refractivity contribution < 1.29 is 4.79 Å². The van der Waals surface area contributed by atoms with Crippen LogP contribution in [0, 0.1) is 23.2 Å². The van der Waals surface area contributed by atoms with Crippen molar-refractivity contribution in [1.82, 2.24) is 0 Å². The Hall–Kier alpha value is -1.37. The van der Waals surface area contributed by atoms with Gasteiger partial charge in [-0.15, -0.1) is 0 Å². The van der Waals surface area contributed by atoms with Crippen LogP contribution in [-0.2, 0) is 4.79 Å². The van der Waals surface area contributed by atoms with Gasteiger partial charge in [0, 0.05) is 16.4 Å². The number of Topliss-reactive ketones (excluding diaryl/α,β-unsaturated/α-hetero) is 1. The summed E-state index contributed by atoms with van der Waals surface area (Å²) < 4.78 is 0. The molecule has 106 valence electrons. The lowest BCUT2D eigenvalue weighted by Gasteiger charge is -2.37. The molecule has 20 heavy (non-hydrogen) atoms. The lowest BCUT2D eigenvalue weighted by Crippen LogP contribution is -2.34. The van der Waals surface area contributed by atoms with Gasteiger partial charge in [0.15, 0.2) is 5.78 Å². The normalized spacial score (nSPS) is 36.9. The number of aryl methyl sites for hydroxylation is 1. The van der Waals surface area contributed by atoms with Gasteiger partial charge in [-0.3, -0.25) is 4.79 Å². The van der Waals surface area contributed by atoms with Crippen molar-refractivity contribution in [3.63, 3.8) is 0 Å². The minimum Gasteiger partial charge on any atom is -0.294 e. The molecule has 1 aromatic carbocycles. The Bertz CT molecular complexity index is 605. The summed E-state index contributed by atoms with van der Waals surface area (Å²) in [6.45, 7) is 11.1. The molecular weight excluding hydrogens is 244 g/mol. The molecule has 2 aliphatic carbocycles. The molecule has 3 rings (SSSR count). The fraction of sp³-hybridized carbons (Fsp3) is 0.526. The maximum Gasteiger partial charge on any atom is 0.165 e. The van der Waals surface area contributed by atoms with E-state index < -0.39 is 0 Å². The lowest BCUT2D eigenvalue weighted by atomic mass is 9.65. The predicted octanol–water partition coefficient (Wildman–Crippen LogP) is 4.79. The maximum absolute atomic E-state index is 12.9. The molecule has 0 amide bonds. The average Bonchev–Trinajstić information content (AvgIpc) is 2.64. The van der Waals surface area contributed by atoms with Crippen molar-refractivity contribution in [3.8, 4) is 0 Å². The van der Waals surface area contributed by atoms with E-state index in [1.807, 2.05) is 0 Å². The van der Waals surface area contributed by atoms with Gasteiger partial charge < -0.3 is 0 Å². The SMILES string of the molecule is Cc1ccc(C=C2C(=O)C3(C)CCC2(C)C3(C)C)cc1. The van der Waals surface area contributed by atoms with Crippen molar-refractivity contribution in [2.24, 2.45) is 16.2 Å². The second kappa shape index (κ2) is 3.84. The van der Waals surface area contributed by atoms with Crippen molar-refractivity contribution in [2.45, 2.75) is 47.5 Å². The number of allylic oxidation sites excluding steroid dienone is 1. The molecule has 1 aromatic rings. The van der Waals surface area contributed by atoms with E-state index in [1.54, 1.807) is 0 Å². The summed E-state index contributed by atoms with van der Waals surface area (Å²) >= 11 is 0. The molecule has 0 N–H and O–H groups in total. The van der Waals surface area contributed by atoms with E-state index in [2.05, 4.69) is 65.0 Å². The Labute approximate surface area is 122 Å². The molecule has 0 aromatic heterocycles.